The van der Waals surface area contributed by atoms with E-state index >= 15 is 0 Å². The first-order valence-corrected chi connectivity index (χ1v) is 7.27. The molecular weight excluding hydrogens is 244 g/mol. The molecule has 0 aromatic rings. The molecule has 0 aromatic heterocycles. The predicted octanol–water partition coefficient (Wildman–Crippen LogP) is 1.48. The van der Waals surface area contributed by atoms with Crippen LogP contribution in [0.15, 0.2) is 0 Å². The van der Waals surface area contributed by atoms with E-state index in [1.54, 1.807) is 0 Å². The van der Waals surface area contributed by atoms with Crippen molar-refractivity contribution >= 4 is 11.9 Å². The fraction of sp³-hybridized carbons (Fsp3) is 0.857. The molecule has 0 bridgehead atoms. The van der Waals surface area contributed by atoms with Crippen LogP contribution in [0.4, 0.5) is 0 Å². The van der Waals surface area contributed by atoms with E-state index in [1.165, 1.54) is 0 Å². The van der Waals surface area contributed by atoms with Gasteiger partial charge in [0.05, 0.1) is 6.54 Å². The molecule has 0 aliphatic heterocycles. The van der Waals surface area contributed by atoms with E-state index in [0.717, 1.165) is 32.2 Å². The molecule has 0 unspecified atom stereocenters. The first-order valence-electron chi connectivity index (χ1n) is 7.27. The molecule has 0 saturated heterocycles. The Kier molecular flexibility index (Phi) is 6.28. The van der Waals surface area contributed by atoms with E-state index in [0.29, 0.717) is 6.04 Å². The van der Waals surface area contributed by atoms with Gasteiger partial charge in [-0.25, -0.2) is 0 Å². The highest BCUT2D eigenvalue weighted by Gasteiger charge is 2.35. The molecule has 0 heterocycles. The summed E-state index contributed by atoms with van der Waals surface area (Å²) in [7, 11) is 0. The fourth-order valence-corrected chi connectivity index (χ4v) is 2.66. The summed E-state index contributed by atoms with van der Waals surface area (Å²) < 4.78 is 0. The number of carbonyl (C=O) groups is 2. The zero-order valence-electron chi connectivity index (χ0n) is 12.2. The number of rotatable bonds is 8. The van der Waals surface area contributed by atoms with Crippen LogP contribution in [0.5, 0.6) is 0 Å². The molecule has 110 valence electrons. The SMILES string of the molecule is CCC(CC)C(=O)NC1CC(N(CC)CC(=O)O)C1. The van der Waals surface area contributed by atoms with Crippen molar-refractivity contribution in [2.75, 3.05) is 13.1 Å². The van der Waals surface area contributed by atoms with Crippen LogP contribution in [0.3, 0.4) is 0 Å². The Hall–Kier alpha value is -1.10. The second kappa shape index (κ2) is 7.48. The Balaban J connectivity index is 2.33. The molecule has 5 heteroatoms. The van der Waals surface area contributed by atoms with E-state index < -0.39 is 5.97 Å². The van der Waals surface area contributed by atoms with Gasteiger partial charge in [-0.05, 0) is 32.2 Å². The van der Waals surface area contributed by atoms with Gasteiger partial charge in [0.25, 0.3) is 0 Å². The summed E-state index contributed by atoms with van der Waals surface area (Å²) in [5, 5.41) is 11.9. The van der Waals surface area contributed by atoms with Gasteiger partial charge in [0, 0.05) is 18.0 Å². The minimum atomic E-state index is -0.786. The average molecular weight is 270 g/mol. The van der Waals surface area contributed by atoms with Crippen LogP contribution in [0.1, 0.15) is 46.5 Å². The topological polar surface area (TPSA) is 69.6 Å². The van der Waals surface area contributed by atoms with Crippen molar-refractivity contribution in [3.63, 3.8) is 0 Å². The maximum absolute atomic E-state index is 11.9. The lowest BCUT2D eigenvalue weighted by atomic mass is 9.84. The quantitative estimate of drug-likeness (QED) is 0.701. The number of carbonyl (C=O) groups excluding carboxylic acids is 1. The van der Waals surface area contributed by atoms with Gasteiger partial charge < -0.3 is 10.4 Å². The summed E-state index contributed by atoms with van der Waals surface area (Å²) in [6.07, 6.45) is 3.48. The lowest BCUT2D eigenvalue weighted by Gasteiger charge is -2.42. The molecule has 19 heavy (non-hydrogen) atoms. The van der Waals surface area contributed by atoms with Crippen molar-refractivity contribution in [3.8, 4) is 0 Å². The third-order valence-corrected chi connectivity index (χ3v) is 4.08. The van der Waals surface area contributed by atoms with Crippen LogP contribution < -0.4 is 5.32 Å². The van der Waals surface area contributed by atoms with Gasteiger partial charge in [0.2, 0.25) is 5.91 Å². The van der Waals surface area contributed by atoms with Crippen molar-refractivity contribution < 1.29 is 14.7 Å². The van der Waals surface area contributed by atoms with Crippen LogP contribution >= 0.6 is 0 Å². The van der Waals surface area contributed by atoms with E-state index in [9.17, 15) is 9.59 Å². The number of hydrogen-bond acceptors (Lipinski definition) is 3. The van der Waals surface area contributed by atoms with Crippen LogP contribution in [0.2, 0.25) is 0 Å². The normalized spacial score (nSPS) is 22.4. The first kappa shape index (κ1) is 16.0. The Morgan fingerprint density at radius 3 is 2.26 bits per heavy atom. The molecular formula is C14H26N2O3. The lowest BCUT2D eigenvalue weighted by molar-refractivity contribution is -0.140. The second-order valence-electron chi connectivity index (χ2n) is 5.30. The largest absolute Gasteiger partial charge is 0.480 e. The van der Waals surface area contributed by atoms with E-state index in [4.69, 9.17) is 5.11 Å². The standard InChI is InChI=1S/C14H26N2O3/c1-4-10(5-2)14(19)15-11-7-12(8-11)16(6-3)9-13(17)18/h10-12H,4-9H2,1-3H3,(H,15,19)(H,17,18). The van der Waals surface area contributed by atoms with E-state index in [-0.39, 0.29) is 24.4 Å². The molecule has 1 aliphatic carbocycles. The zero-order valence-corrected chi connectivity index (χ0v) is 12.2. The zero-order chi connectivity index (χ0) is 14.4. The Labute approximate surface area is 115 Å². The monoisotopic (exact) mass is 270 g/mol. The van der Waals surface area contributed by atoms with Gasteiger partial charge in [-0.2, -0.15) is 0 Å². The third-order valence-electron chi connectivity index (χ3n) is 4.08. The van der Waals surface area contributed by atoms with Crippen LogP contribution in [-0.2, 0) is 9.59 Å². The smallest absolute Gasteiger partial charge is 0.317 e. The van der Waals surface area contributed by atoms with E-state index in [1.807, 2.05) is 25.7 Å². The Bertz CT molecular complexity index is 310. The van der Waals surface area contributed by atoms with E-state index in [2.05, 4.69) is 5.32 Å². The number of amides is 1. The van der Waals surface area contributed by atoms with Gasteiger partial charge in [0.1, 0.15) is 0 Å². The van der Waals surface area contributed by atoms with Crippen molar-refractivity contribution in [1.82, 2.24) is 10.2 Å². The summed E-state index contributed by atoms with van der Waals surface area (Å²) in [6.45, 7) is 6.86. The molecule has 0 atom stereocenters. The third kappa shape index (κ3) is 4.49. The molecule has 1 amide bonds. The van der Waals surface area contributed by atoms with Crippen LogP contribution in [0, 0.1) is 5.92 Å². The van der Waals surface area contributed by atoms with Gasteiger partial charge in [-0.1, -0.05) is 20.8 Å². The minimum Gasteiger partial charge on any atom is -0.480 e. The molecule has 1 rings (SSSR count). The van der Waals surface area contributed by atoms with Crippen molar-refractivity contribution in [3.05, 3.63) is 0 Å². The average Bonchev–Trinajstić information content (AvgIpc) is 2.32. The predicted molar refractivity (Wildman–Crippen MR) is 73.9 cm³/mol. The Morgan fingerprint density at radius 1 is 1.26 bits per heavy atom. The van der Waals surface area contributed by atoms with Gasteiger partial charge >= 0.3 is 5.97 Å². The maximum Gasteiger partial charge on any atom is 0.317 e. The Morgan fingerprint density at radius 2 is 1.84 bits per heavy atom. The summed E-state index contributed by atoms with van der Waals surface area (Å²) in [6, 6.07) is 0.522. The fourth-order valence-electron chi connectivity index (χ4n) is 2.66. The number of carboxylic acids is 1. The highest BCUT2D eigenvalue weighted by molar-refractivity contribution is 5.79. The molecule has 0 spiro atoms. The highest BCUT2D eigenvalue weighted by Crippen LogP contribution is 2.26. The maximum atomic E-state index is 11.9. The van der Waals surface area contributed by atoms with Gasteiger partial charge in [0.15, 0.2) is 0 Å². The molecule has 5 nitrogen and oxygen atoms in total. The number of nitrogens with zero attached hydrogens (tertiary/aromatic N) is 1. The molecule has 0 radical (unpaired) electrons. The van der Waals surface area contributed by atoms with Gasteiger partial charge in [-0.15, -0.1) is 0 Å². The number of aliphatic carboxylic acids is 1. The number of likely N-dealkylation sites (N-methyl/N-ethyl adjacent to an activating group) is 1. The van der Waals surface area contributed by atoms with Crippen molar-refractivity contribution in [2.24, 2.45) is 5.92 Å². The number of carboxylic acid groups (broad SMARTS) is 1. The molecule has 1 saturated carbocycles. The molecule has 1 fully saturated rings. The summed E-state index contributed by atoms with van der Waals surface area (Å²) in [5.41, 5.74) is 0. The van der Waals surface area contributed by atoms with Crippen LogP contribution in [0.25, 0.3) is 0 Å². The lowest BCUT2D eigenvalue weighted by Crippen LogP contribution is -2.55. The number of nitrogens with one attached hydrogen (secondary N) is 1. The van der Waals surface area contributed by atoms with Crippen molar-refractivity contribution in [1.29, 1.82) is 0 Å². The van der Waals surface area contributed by atoms with Crippen molar-refractivity contribution in [2.45, 2.75) is 58.5 Å². The first-order chi connectivity index (χ1) is 9.01. The van der Waals surface area contributed by atoms with Gasteiger partial charge in [-0.3, -0.25) is 14.5 Å². The molecule has 1 aliphatic rings. The molecule has 0 aromatic carbocycles. The minimum absolute atomic E-state index is 0.0916. The number of hydrogen-bond donors (Lipinski definition) is 2. The van der Waals surface area contributed by atoms with Crippen LogP contribution in [-0.4, -0.2) is 47.1 Å². The summed E-state index contributed by atoms with van der Waals surface area (Å²) in [4.78, 5) is 24.6. The summed E-state index contributed by atoms with van der Waals surface area (Å²) in [5.74, 6) is -0.526. The molecule has 2 N–H and O–H groups in total. The highest BCUT2D eigenvalue weighted by atomic mass is 16.4. The second-order valence-corrected chi connectivity index (χ2v) is 5.30. The summed E-state index contributed by atoms with van der Waals surface area (Å²) >= 11 is 0.